The maximum atomic E-state index is 10.1. The predicted molar refractivity (Wildman–Crippen MR) is 89.2 cm³/mol. The summed E-state index contributed by atoms with van der Waals surface area (Å²) in [6.07, 6.45) is 1.82. The Morgan fingerprint density at radius 3 is 2.68 bits per heavy atom. The lowest BCUT2D eigenvalue weighted by Gasteiger charge is -2.18. The summed E-state index contributed by atoms with van der Waals surface area (Å²) in [4.78, 5) is 8.87. The van der Waals surface area contributed by atoms with Crippen LogP contribution in [0.1, 0.15) is 25.0 Å². The van der Waals surface area contributed by atoms with Gasteiger partial charge in [-0.15, -0.1) is 0 Å². The van der Waals surface area contributed by atoms with Crippen LogP contribution >= 0.6 is 0 Å². The highest BCUT2D eigenvalue weighted by Crippen LogP contribution is 2.24. The zero-order valence-corrected chi connectivity index (χ0v) is 13.0. The number of aromatic nitrogens is 2. The van der Waals surface area contributed by atoms with Crippen LogP contribution < -0.4 is 5.32 Å². The SMILES string of the molecule is Cc1ccc2nc(Nc3cccc(C(C)(C)O)c3)ncc2c1. The van der Waals surface area contributed by atoms with E-state index in [9.17, 15) is 5.11 Å². The zero-order chi connectivity index (χ0) is 15.7. The summed E-state index contributed by atoms with van der Waals surface area (Å²) in [6, 6.07) is 13.7. The van der Waals surface area contributed by atoms with Crippen LogP contribution in [-0.4, -0.2) is 15.1 Å². The van der Waals surface area contributed by atoms with E-state index in [-0.39, 0.29) is 0 Å². The van der Waals surface area contributed by atoms with Crippen LogP contribution in [0.5, 0.6) is 0 Å². The van der Waals surface area contributed by atoms with E-state index < -0.39 is 5.60 Å². The van der Waals surface area contributed by atoms with Crippen molar-refractivity contribution in [3.63, 3.8) is 0 Å². The molecule has 0 saturated carbocycles. The van der Waals surface area contributed by atoms with E-state index in [0.29, 0.717) is 5.95 Å². The molecule has 0 unspecified atom stereocenters. The number of anilines is 2. The Bertz CT molecular complexity index is 822. The molecule has 0 fully saturated rings. The second-order valence-electron chi connectivity index (χ2n) is 6.02. The normalized spacial score (nSPS) is 11.6. The van der Waals surface area contributed by atoms with Crippen LogP contribution in [0.3, 0.4) is 0 Å². The van der Waals surface area contributed by atoms with Crippen molar-refractivity contribution in [3.05, 3.63) is 59.8 Å². The van der Waals surface area contributed by atoms with Crippen molar-refractivity contribution in [2.45, 2.75) is 26.4 Å². The summed E-state index contributed by atoms with van der Waals surface area (Å²) in [5.41, 5.74) is 2.91. The van der Waals surface area contributed by atoms with Crippen molar-refractivity contribution < 1.29 is 5.11 Å². The number of benzene rings is 2. The average molecular weight is 293 g/mol. The third-order valence-corrected chi connectivity index (χ3v) is 3.56. The molecule has 4 nitrogen and oxygen atoms in total. The van der Waals surface area contributed by atoms with Crippen LogP contribution in [0.25, 0.3) is 10.9 Å². The third-order valence-electron chi connectivity index (χ3n) is 3.56. The van der Waals surface area contributed by atoms with Crippen molar-refractivity contribution in [2.24, 2.45) is 0 Å². The van der Waals surface area contributed by atoms with Crippen molar-refractivity contribution in [2.75, 3.05) is 5.32 Å². The molecule has 0 radical (unpaired) electrons. The fourth-order valence-corrected chi connectivity index (χ4v) is 2.32. The molecule has 1 aromatic heterocycles. The lowest BCUT2D eigenvalue weighted by atomic mass is 9.98. The Hall–Kier alpha value is -2.46. The van der Waals surface area contributed by atoms with Gasteiger partial charge in [0, 0.05) is 17.3 Å². The van der Waals surface area contributed by atoms with Gasteiger partial charge >= 0.3 is 0 Å². The molecular formula is C18H19N3O. The van der Waals surface area contributed by atoms with Gasteiger partial charge in [-0.25, -0.2) is 9.97 Å². The smallest absolute Gasteiger partial charge is 0.227 e. The second kappa shape index (κ2) is 5.39. The molecule has 22 heavy (non-hydrogen) atoms. The summed E-state index contributed by atoms with van der Waals surface area (Å²) >= 11 is 0. The molecule has 0 atom stereocenters. The first kappa shape index (κ1) is 14.5. The number of nitrogens with one attached hydrogen (secondary N) is 1. The largest absolute Gasteiger partial charge is 0.386 e. The number of hydrogen-bond acceptors (Lipinski definition) is 4. The Morgan fingerprint density at radius 2 is 1.91 bits per heavy atom. The van der Waals surface area contributed by atoms with Gasteiger partial charge < -0.3 is 10.4 Å². The van der Waals surface area contributed by atoms with E-state index in [2.05, 4.69) is 21.4 Å². The van der Waals surface area contributed by atoms with Crippen LogP contribution in [-0.2, 0) is 5.60 Å². The Kier molecular flexibility index (Phi) is 3.54. The molecule has 0 bridgehead atoms. The lowest BCUT2D eigenvalue weighted by molar-refractivity contribution is 0.0786. The molecule has 0 aliphatic heterocycles. The molecule has 0 aliphatic rings. The fraction of sp³-hybridized carbons (Fsp3) is 0.222. The topological polar surface area (TPSA) is 58.0 Å². The molecule has 2 aromatic carbocycles. The number of aliphatic hydroxyl groups is 1. The highest BCUT2D eigenvalue weighted by molar-refractivity contribution is 5.79. The lowest BCUT2D eigenvalue weighted by Crippen LogP contribution is -2.15. The molecule has 112 valence electrons. The van der Waals surface area contributed by atoms with E-state index in [4.69, 9.17) is 0 Å². The maximum absolute atomic E-state index is 10.1. The molecule has 0 amide bonds. The highest BCUT2D eigenvalue weighted by atomic mass is 16.3. The molecule has 0 saturated heterocycles. The standard InChI is InChI=1S/C18H19N3O/c1-12-7-8-16-13(9-12)11-19-17(21-16)20-15-6-4-5-14(10-15)18(2,3)22/h4-11,22H,1-3H3,(H,19,20,21). The van der Waals surface area contributed by atoms with Gasteiger partial charge in [-0.05, 0) is 50.6 Å². The van der Waals surface area contributed by atoms with E-state index in [1.54, 1.807) is 13.8 Å². The molecule has 3 aromatic rings. The van der Waals surface area contributed by atoms with Crippen LogP contribution in [0.15, 0.2) is 48.7 Å². The minimum absolute atomic E-state index is 0.546. The van der Waals surface area contributed by atoms with E-state index in [0.717, 1.165) is 22.2 Å². The zero-order valence-electron chi connectivity index (χ0n) is 13.0. The van der Waals surface area contributed by atoms with Crippen molar-refractivity contribution in [3.8, 4) is 0 Å². The number of rotatable bonds is 3. The maximum Gasteiger partial charge on any atom is 0.227 e. The molecule has 0 aliphatic carbocycles. The van der Waals surface area contributed by atoms with E-state index >= 15 is 0 Å². The molecular weight excluding hydrogens is 274 g/mol. The van der Waals surface area contributed by atoms with E-state index in [1.807, 2.05) is 49.5 Å². The van der Waals surface area contributed by atoms with Gasteiger partial charge in [0.05, 0.1) is 11.1 Å². The molecule has 0 spiro atoms. The van der Waals surface area contributed by atoms with Gasteiger partial charge in [0.15, 0.2) is 0 Å². The Morgan fingerprint density at radius 1 is 1.09 bits per heavy atom. The van der Waals surface area contributed by atoms with Gasteiger partial charge in [-0.3, -0.25) is 0 Å². The minimum Gasteiger partial charge on any atom is -0.386 e. The van der Waals surface area contributed by atoms with Crippen molar-refractivity contribution in [1.29, 1.82) is 0 Å². The summed E-state index contributed by atoms with van der Waals surface area (Å²) in [5, 5.41) is 14.3. The van der Waals surface area contributed by atoms with Crippen LogP contribution in [0.2, 0.25) is 0 Å². The summed E-state index contributed by atoms with van der Waals surface area (Å²) in [6.45, 7) is 5.58. The van der Waals surface area contributed by atoms with Gasteiger partial charge in [-0.2, -0.15) is 0 Å². The molecule has 3 rings (SSSR count). The first-order valence-electron chi connectivity index (χ1n) is 7.25. The Balaban J connectivity index is 1.91. The number of hydrogen-bond donors (Lipinski definition) is 2. The molecule has 2 N–H and O–H groups in total. The predicted octanol–water partition coefficient (Wildman–Crippen LogP) is 3.91. The summed E-state index contributed by atoms with van der Waals surface area (Å²) in [5.74, 6) is 0.546. The number of fused-ring (bicyclic) bond motifs is 1. The molecule has 4 heteroatoms. The minimum atomic E-state index is -0.876. The van der Waals surface area contributed by atoms with Crippen LogP contribution in [0, 0.1) is 6.92 Å². The first-order chi connectivity index (χ1) is 10.4. The Labute approximate surface area is 129 Å². The quantitative estimate of drug-likeness (QED) is 0.768. The highest BCUT2D eigenvalue weighted by Gasteiger charge is 2.15. The third kappa shape index (κ3) is 3.07. The second-order valence-corrected chi connectivity index (χ2v) is 6.02. The average Bonchev–Trinajstić information content (AvgIpc) is 2.47. The van der Waals surface area contributed by atoms with Crippen LogP contribution in [0.4, 0.5) is 11.6 Å². The van der Waals surface area contributed by atoms with Gasteiger partial charge in [0.25, 0.3) is 0 Å². The summed E-state index contributed by atoms with van der Waals surface area (Å²) in [7, 11) is 0. The van der Waals surface area contributed by atoms with Gasteiger partial charge in [0.1, 0.15) is 0 Å². The number of aryl methyl sites for hydroxylation is 1. The fourth-order valence-electron chi connectivity index (χ4n) is 2.32. The van der Waals surface area contributed by atoms with E-state index in [1.165, 1.54) is 5.56 Å². The first-order valence-corrected chi connectivity index (χ1v) is 7.25. The van der Waals surface area contributed by atoms with Gasteiger partial charge in [-0.1, -0.05) is 23.8 Å². The van der Waals surface area contributed by atoms with Crippen molar-refractivity contribution >= 4 is 22.5 Å². The summed E-state index contributed by atoms with van der Waals surface area (Å²) < 4.78 is 0. The van der Waals surface area contributed by atoms with Gasteiger partial charge in [0.2, 0.25) is 5.95 Å². The monoisotopic (exact) mass is 293 g/mol. The molecule has 1 heterocycles. The van der Waals surface area contributed by atoms with Crippen molar-refractivity contribution in [1.82, 2.24) is 9.97 Å². The number of nitrogens with zero attached hydrogens (tertiary/aromatic N) is 2.